The number of hydrogen-bond donors (Lipinski definition) is 1. The first kappa shape index (κ1) is 27.8. The van der Waals surface area contributed by atoms with Crippen molar-refractivity contribution in [3.8, 4) is 17.0 Å². The molecule has 4 aromatic rings. The molecular formula is C29H27F3N6O3. The maximum atomic E-state index is 12.6. The number of anilines is 1. The Labute approximate surface area is 233 Å². The number of piperidine rings is 1. The smallest absolute Gasteiger partial charge is 0.406 e. The molecule has 2 N–H and O–H groups in total. The van der Waals surface area contributed by atoms with Crippen LogP contribution in [0.3, 0.4) is 0 Å². The van der Waals surface area contributed by atoms with Gasteiger partial charge in [0.2, 0.25) is 5.91 Å². The molecule has 3 heterocycles. The van der Waals surface area contributed by atoms with Crippen LogP contribution < -0.4 is 10.5 Å². The zero-order chi connectivity index (χ0) is 29.1. The summed E-state index contributed by atoms with van der Waals surface area (Å²) >= 11 is 0. The second kappa shape index (κ2) is 11.4. The lowest BCUT2D eigenvalue weighted by molar-refractivity contribution is -0.274. The zero-order valence-corrected chi connectivity index (χ0v) is 22.0. The minimum absolute atomic E-state index is 0.0940. The predicted octanol–water partition coefficient (Wildman–Crippen LogP) is 5.14. The summed E-state index contributed by atoms with van der Waals surface area (Å²) in [6.07, 6.45) is -0.00565. The van der Waals surface area contributed by atoms with Crippen LogP contribution >= 0.6 is 0 Å². The van der Waals surface area contributed by atoms with Gasteiger partial charge in [-0.05, 0) is 43.0 Å². The summed E-state index contributed by atoms with van der Waals surface area (Å²) in [5, 5.41) is 5.48. The summed E-state index contributed by atoms with van der Waals surface area (Å²) < 4.78 is 43.3. The Morgan fingerprint density at radius 3 is 2.66 bits per heavy atom. The maximum absolute atomic E-state index is 12.6. The van der Waals surface area contributed by atoms with Crippen molar-refractivity contribution < 1.29 is 27.5 Å². The summed E-state index contributed by atoms with van der Waals surface area (Å²) in [7, 11) is 0. The highest BCUT2D eigenvalue weighted by Gasteiger charge is 2.31. The van der Waals surface area contributed by atoms with Gasteiger partial charge in [0.05, 0.1) is 11.4 Å². The molecule has 5 rings (SSSR count). The van der Waals surface area contributed by atoms with Gasteiger partial charge in [0.25, 0.3) is 0 Å². The Morgan fingerprint density at radius 2 is 1.93 bits per heavy atom. The third kappa shape index (κ3) is 6.21. The van der Waals surface area contributed by atoms with Gasteiger partial charge in [-0.25, -0.2) is 14.6 Å². The first-order valence-corrected chi connectivity index (χ1v) is 13.0. The van der Waals surface area contributed by atoms with Gasteiger partial charge >= 0.3 is 6.36 Å². The SMILES string of the molecule is C=CC(=O)N1CCC[C@@H](n2nc(-c3ccc(CCC(=O)c4cccc(OC(F)(F)F)c4)cc3)c3c(N)ncnc32)C1. The molecule has 1 amide bonds. The molecule has 1 saturated heterocycles. The Bertz CT molecular complexity index is 1600. The van der Waals surface area contributed by atoms with Crippen molar-refractivity contribution >= 4 is 28.5 Å². The number of likely N-dealkylation sites (tertiary alicyclic amines) is 1. The lowest BCUT2D eigenvalue weighted by atomic mass is 10.0. The molecule has 2 aromatic heterocycles. The maximum Gasteiger partial charge on any atom is 0.573 e. The third-order valence-corrected chi connectivity index (χ3v) is 7.00. The van der Waals surface area contributed by atoms with E-state index in [1.165, 1.54) is 24.5 Å². The number of nitrogen functional groups attached to an aromatic ring is 1. The van der Waals surface area contributed by atoms with Gasteiger partial charge in [-0.15, -0.1) is 13.2 Å². The van der Waals surface area contributed by atoms with Gasteiger partial charge < -0.3 is 15.4 Å². The summed E-state index contributed by atoms with van der Waals surface area (Å²) in [5.41, 5.74) is 9.23. The number of ketones is 1. The topological polar surface area (TPSA) is 116 Å². The number of halogens is 3. The molecule has 12 heteroatoms. The lowest BCUT2D eigenvalue weighted by Crippen LogP contribution is -2.40. The average Bonchev–Trinajstić information content (AvgIpc) is 3.36. The van der Waals surface area contributed by atoms with Gasteiger partial charge in [0, 0.05) is 30.6 Å². The molecule has 1 aliphatic rings. The predicted molar refractivity (Wildman–Crippen MR) is 146 cm³/mol. The van der Waals surface area contributed by atoms with Crippen LogP contribution in [-0.4, -0.2) is 55.8 Å². The van der Waals surface area contributed by atoms with Crippen LogP contribution in [0, 0.1) is 0 Å². The number of amides is 1. The molecule has 1 fully saturated rings. The van der Waals surface area contributed by atoms with Gasteiger partial charge in [0.1, 0.15) is 23.6 Å². The minimum Gasteiger partial charge on any atom is -0.406 e. The number of Topliss-reactive ketones (excluding diaryl/α,β-unsaturated/α-hetero) is 1. The first-order chi connectivity index (χ1) is 19.6. The second-order valence-electron chi connectivity index (χ2n) is 9.73. The standard InChI is InChI=1S/C29H27F3N6O3/c1-2-24(40)37-14-4-6-21(16-37)38-28-25(27(33)34-17-35-28)26(36-38)19-11-8-18(9-12-19)10-13-23(39)20-5-3-7-22(15-20)41-29(30,31)32/h2-3,5,7-9,11-12,15,17,21H,1,4,6,10,13-14,16H2,(H2,33,34,35)/t21-/m1/s1. The number of ether oxygens (including phenoxy) is 1. The van der Waals surface area contributed by atoms with Crippen LogP contribution in [-0.2, 0) is 11.2 Å². The highest BCUT2D eigenvalue weighted by atomic mass is 19.4. The van der Waals surface area contributed by atoms with E-state index in [-0.39, 0.29) is 35.5 Å². The number of benzene rings is 2. The quantitative estimate of drug-likeness (QED) is 0.233. The number of nitrogens with zero attached hydrogens (tertiary/aromatic N) is 5. The van der Waals surface area contributed by atoms with E-state index in [0.29, 0.717) is 36.2 Å². The fourth-order valence-corrected chi connectivity index (χ4v) is 5.03. The number of carbonyl (C=O) groups is 2. The van der Waals surface area contributed by atoms with Crippen molar-refractivity contribution in [2.45, 2.75) is 38.1 Å². The number of carbonyl (C=O) groups excluding carboxylic acids is 2. The van der Waals surface area contributed by atoms with Crippen LogP contribution in [0.25, 0.3) is 22.3 Å². The number of aromatic nitrogens is 4. The highest BCUT2D eigenvalue weighted by molar-refractivity contribution is 5.98. The van der Waals surface area contributed by atoms with Crippen LogP contribution in [0.4, 0.5) is 19.0 Å². The van der Waals surface area contributed by atoms with Gasteiger partial charge in [-0.2, -0.15) is 5.10 Å². The molecule has 0 saturated carbocycles. The van der Waals surface area contributed by atoms with Crippen LogP contribution in [0.1, 0.15) is 41.2 Å². The van der Waals surface area contributed by atoms with E-state index in [0.717, 1.165) is 36.1 Å². The lowest BCUT2D eigenvalue weighted by Gasteiger charge is -2.32. The minimum atomic E-state index is -4.83. The highest BCUT2D eigenvalue weighted by Crippen LogP contribution is 2.34. The molecule has 0 radical (unpaired) electrons. The zero-order valence-electron chi connectivity index (χ0n) is 22.0. The fourth-order valence-electron chi connectivity index (χ4n) is 5.03. The first-order valence-electron chi connectivity index (χ1n) is 13.0. The average molecular weight is 565 g/mol. The van der Waals surface area contributed by atoms with Gasteiger partial charge in [0.15, 0.2) is 11.4 Å². The normalized spacial score (nSPS) is 15.6. The summed E-state index contributed by atoms with van der Waals surface area (Å²) in [6.45, 7) is 4.72. The molecule has 0 bridgehead atoms. The Balaban J connectivity index is 1.34. The third-order valence-electron chi connectivity index (χ3n) is 7.00. The molecule has 41 heavy (non-hydrogen) atoms. The monoisotopic (exact) mass is 564 g/mol. The Hall–Kier alpha value is -4.74. The van der Waals surface area contributed by atoms with Crippen molar-refractivity contribution in [1.82, 2.24) is 24.6 Å². The van der Waals surface area contributed by atoms with E-state index < -0.39 is 12.1 Å². The number of aryl methyl sites for hydroxylation is 1. The fraction of sp³-hybridized carbons (Fsp3) is 0.276. The van der Waals surface area contributed by atoms with Crippen molar-refractivity contribution in [3.05, 3.63) is 78.6 Å². The number of rotatable bonds is 8. The van der Waals surface area contributed by atoms with Crippen molar-refractivity contribution in [2.24, 2.45) is 0 Å². The molecule has 0 unspecified atom stereocenters. The molecule has 0 spiro atoms. The molecule has 0 aliphatic carbocycles. The van der Waals surface area contributed by atoms with E-state index in [1.54, 1.807) is 4.90 Å². The molecule has 1 atom stereocenters. The molecular weight excluding hydrogens is 537 g/mol. The van der Waals surface area contributed by atoms with Crippen LogP contribution in [0.5, 0.6) is 5.75 Å². The largest absolute Gasteiger partial charge is 0.573 e. The summed E-state index contributed by atoms with van der Waals surface area (Å²) in [5.74, 6) is -0.571. The Kier molecular flexibility index (Phi) is 7.73. The van der Waals surface area contributed by atoms with Crippen molar-refractivity contribution in [3.63, 3.8) is 0 Å². The van der Waals surface area contributed by atoms with Crippen LogP contribution in [0.15, 0.2) is 67.5 Å². The molecule has 9 nitrogen and oxygen atoms in total. The van der Waals surface area contributed by atoms with Gasteiger partial charge in [-0.1, -0.05) is 43.0 Å². The Morgan fingerprint density at radius 1 is 1.15 bits per heavy atom. The van der Waals surface area contributed by atoms with E-state index in [2.05, 4.69) is 21.3 Å². The molecule has 212 valence electrons. The molecule has 1 aliphatic heterocycles. The van der Waals surface area contributed by atoms with E-state index in [9.17, 15) is 22.8 Å². The summed E-state index contributed by atoms with van der Waals surface area (Å²) in [4.78, 5) is 35.2. The summed E-state index contributed by atoms with van der Waals surface area (Å²) in [6, 6.07) is 12.4. The van der Waals surface area contributed by atoms with Crippen LogP contribution in [0.2, 0.25) is 0 Å². The van der Waals surface area contributed by atoms with Gasteiger partial charge in [-0.3, -0.25) is 9.59 Å². The van der Waals surface area contributed by atoms with E-state index in [1.807, 2.05) is 28.9 Å². The van der Waals surface area contributed by atoms with E-state index in [4.69, 9.17) is 10.8 Å². The number of alkyl halides is 3. The second-order valence-corrected chi connectivity index (χ2v) is 9.73. The van der Waals surface area contributed by atoms with E-state index >= 15 is 0 Å². The van der Waals surface area contributed by atoms with Crippen molar-refractivity contribution in [1.29, 1.82) is 0 Å². The number of fused-ring (bicyclic) bond motifs is 1. The molecule has 2 aromatic carbocycles. The number of nitrogens with two attached hydrogens (primary N) is 1. The number of hydrogen-bond acceptors (Lipinski definition) is 7. The van der Waals surface area contributed by atoms with Crippen molar-refractivity contribution in [2.75, 3.05) is 18.8 Å².